The molecule has 1 amide bonds. The van der Waals surface area contributed by atoms with Crippen LogP contribution in [0, 0.1) is 0 Å². The first-order valence-electron chi connectivity index (χ1n) is 6.64. The molecule has 0 saturated heterocycles. The predicted octanol–water partition coefficient (Wildman–Crippen LogP) is 4.36. The molecule has 2 aromatic carbocycles. The van der Waals surface area contributed by atoms with Gasteiger partial charge in [0.15, 0.2) is 0 Å². The lowest BCUT2D eigenvalue weighted by molar-refractivity contribution is -0.118. The zero-order valence-corrected chi connectivity index (χ0v) is 13.5. The molecule has 0 bridgehead atoms. The molecule has 3 nitrogen and oxygen atoms in total. The summed E-state index contributed by atoms with van der Waals surface area (Å²) in [5.41, 5.74) is 7.58. The lowest BCUT2D eigenvalue weighted by Crippen LogP contribution is -2.27. The highest BCUT2D eigenvalue weighted by atomic mass is 79.9. The molecule has 0 heterocycles. The fraction of sp³-hybridized carbons (Fsp3) is 0.188. The molecule has 1 fully saturated rings. The van der Waals surface area contributed by atoms with E-state index in [0.29, 0.717) is 16.4 Å². The number of rotatable bonds is 3. The molecular weight excluding hydrogens is 352 g/mol. The van der Waals surface area contributed by atoms with E-state index in [1.165, 1.54) is 0 Å². The molecule has 0 unspecified atom stereocenters. The van der Waals surface area contributed by atoms with Gasteiger partial charge in [-0.2, -0.15) is 0 Å². The lowest BCUT2D eigenvalue weighted by Gasteiger charge is -2.17. The second-order valence-corrected chi connectivity index (χ2v) is 6.61. The van der Waals surface area contributed by atoms with Crippen molar-refractivity contribution in [1.82, 2.24) is 0 Å². The van der Waals surface area contributed by atoms with E-state index < -0.39 is 5.41 Å². The van der Waals surface area contributed by atoms with Crippen molar-refractivity contribution in [3.8, 4) is 0 Å². The first-order valence-corrected chi connectivity index (χ1v) is 7.81. The van der Waals surface area contributed by atoms with Crippen LogP contribution in [0.1, 0.15) is 18.4 Å². The van der Waals surface area contributed by atoms with Gasteiger partial charge >= 0.3 is 0 Å². The van der Waals surface area contributed by atoms with Crippen molar-refractivity contribution in [2.45, 2.75) is 18.3 Å². The van der Waals surface area contributed by atoms with Crippen LogP contribution >= 0.6 is 27.5 Å². The van der Waals surface area contributed by atoms with E-state index in [-0.39, 0.29) is 5.91 Å². The van der Waals surface area contributed by atoms with Gasteiger partial charge < -0.3 is 11.1 Å². The third-order valence-electron chi connectivity index (χ3n) is 3.82. The van der Waals surface area contributed by atoms with Gasteiger partial charge in [-0.15, -0.1) is 0 Å². The van der Waals surface area contributed by atoms with Crippen LogP contribution in [-0.2, 0) is 10.2 Å². The van der Waals surface area contributed by atoms with Crippen molar-refractivity contribution in [3.05, 3.63) is 57.5 Å². The van der Waals surface area contributed by atoms with E-state index >= 15 is 0 Å². The van der Waals surface area contributed by atoms with E-state index in [9.17, 15) is 4.79 Å². The van der Waals surface area contributed by atoms with E-state index in [1.54, 1.807) is 12.1 Å². The van der Waals surface area contributed by atoms with Crippen LogP contribution in [0.15, 0.2) is 46.9 Å². The largest absolute Gasteiger partial charge is 0.399 e. The quantitative estimate of drug-likeness (QED) is 0.794. The molecule has 0 aromatic heterocycles. The number of nitrogens with two attached hydrogens (primary N) is 1. The van der Waals surface area contributed by atoms with Crippen molar-refractivity contribution in [1.29, 1.82) is 0 Å². The Hall–Kier alpha value is -1.52. The van der Waals surface area contributed by atoms with Crippen LogP contribution < -0.4 is 11.1 Å². The minimum atomic E-state index is -0.445. The summed E-state index contributed by atoms with van der Waals surface area (Å²) in [6, 6.07) is 12.9. The third kappa shape index (κ3) is 2.78. The molecule has 0 atom stereocenters. The fourth-order valence-electron chi connectivity index (χ4n) is 2.41. The highest BCUT2D eigenvalue weighted by Crippen LogP contribution is 2.49. The number of hydrogen-bond donors (Lipinski definition) is 2. The maximum Gasteiger partial charge on any atom is 0.235 e. The van der Waals surface area contributed by atoms with Gasteiger partial charge in [-0.25, -0.2) is 0 Å². The number of benzene rings is 2. The van der Waals surface area contributed by atoms with Gasteiger partial charge in [-0.3, -0.25) is 4.79 Å². The minimum absolute atomic E-state index is 0.0210. The van der Waals surface area contributed by atoms with Crippen LogP contribution in [0.2, 0.25) is 5.02 Å². The van der Waals surface area contributed by atoms with Gasteiger partial charge in [0.25, 0.3) is 0 Å². The Labute approximate surface area is 136 Å². The summed E-state index contributed by atoms with van der Waals surface area (Å²) in [5, 5.41) is 3.46. The van der Waals surface area contributed by atoms with E-state index in [4.69, 9.17) is 17.3 Å². The minimum Gasteiger partial charge on any atom is -0.399 e. The molecule has 5 heteroatoms. The zero-order valence-electron chi connectivity index (χ0n) is 11.2. The van der Waals surface area contributed by atoms with Gasteiger partial charge in [0, 0.05) is 10.2 Å². The molecule has 3 N–H and O–H groups in total. The summed E-state index contributed by atoms with van der Waals surface area (Å²) in [4.78, 5) is 12.6. The standard InChI is InChI=1S/C16H14BrClN2O/c17-11-3-6-13(18)14(9-11)20-15(21)16(7-8-16)10-1-4-12(19)5-2-10/h1-6,9H,7-8,19H2,(H,20,21). The first kappa shape index (κ1) is 14.4. The van der Waals surface area contributed by atoms with Crippen molar-refractivity contribution in [3.63, 3.8) is 0 Å². The topological polar surface area (TPSA) is 55.1 Å². The third-order valence-corrected chi connectivity index (χ3v) is 4.65. The average Bonchev–Trinajstić information content (AvgIpc) is 3.25. The maximum atomic E-state index is 12.6. The highest BCUT2D eigenvalue weighted by Gasteiger charge is 2.51. The molecule has 0 aliphatic heterocycles. The summed E-state index contributed by atoms with van der Waals surface area (Å²) in [6.07, 6.45) is 1.68. The molecule has 3 rings (SSSR count). The Kier molecular flexibility index (Phi) is 3.68. The van der Waals surface area contributed by atoms with E-state index in [1.807, 2.05) is 30.3 Å². The van der Waals surface area contributed by atoms with E-state index in [2.05, 4.69) is 21.2 Å². The Morgan fingerprint density at radius 3 is 2.48 bits per heavy atom. The number of carbonyl (C=O) groups excluding carboxylic acids is 1. The second-order valence-electron chi connectivity index (χ2n) is 5.28. The smallest absolute Gasteiger partial charge is 0.235 e. The first-order chi connectivity index (χ1) is 10.0. The summed E-state index contributed by atoms with van der Waals surface area (Å²) in [5.74, 6) is -0.0210. The molecule has 0 radical (unpaired) electrons. The van der Waals surface area contributed by atoms with Crippen LogP contribution in [0.3, 0.4) is 0 Å². The van der Waals surface area contributed by atoms with Gasteiger partial charge in [0.2, 0.25) is 5.91 Å². The second kappa shape index (κ2) is 5.35. The molecule has 21 heavy (non-hydrogen) atoms. The van der Waals surface area contributed by atoms with Gasteiger partial charge in [0.05, 0.1) is 16.1 Å². The molecule has 0 spiro atoms. The Balaban J connectivity index is 1.85. The molecular formula is C16H14BrClN2O. The summed E-state index contributed by atoms with van der Waals surface area (Å²) >= 11 is 9.51. The van der Waals surface area contributed by atoms with Crippen LogP contribution in [0.25, 0.3) is 0 Å². The zero-order chi connectivity index (χ0) is 15.0. The van der Waals surface area contributed by atoms with Gasteiger partial charge in [-0.05, 0) is 48.7 Å². The highest BCUT2D eigenvalue weighted by molar-refractivity contribution is 9.10. The predicted molar refractivity (Wildman–Crippen MR) is 89.5 cm³/mol. The van der Waals surface area contributed by atoms with Gasteiger partial charge in [0.1, 0.15) is 0 Å². The SMILES string of the molecule is Nc1ccc(C2(C(=O)Nc3cc(Br)ccc3Cl)CC2)cc1. The van der Waals surface area contributed by atoms with Crippen molar-refractivity contribution >= 4 is 44.8 Å². The lowest BCUT2D eigenvalue weighted by atomic mass is 9.94. The molecule has 2 aromatic rings. The normalized spacial score (nSPS) is 15.5. The van der Waals surface area contributed by atoms with Crippen LogP contribution in [-0.4, -0.2) is 5.91 Å². The van der Waals surface area contributed by atoms with Crippen molar-refractivity contribution < 1.29 is 4.79 Å². The Bertz CT molecular complexity index is 696. The average molecular weight is 366 g/mol. The van der Waals surface area contributed by atoms with Crippen LogP contribution in [0.4, 0.5) is 11.4 Å². The van der Waals surface area contributed by atoms with Crippen molar-refractivity contribution in [2.75, 3.05) is 11.1 Å². The number of nitrogen functional groups attached to an aromatic ring is 1. The fourth-order valence-corrected chi connectivity index (χ4v) is 2.94. The summed E-state index contributed by atoms with van der Waals surface area (Å²) in [6.45, 7) is 0. The van der Waals surface area contributed by atoms with Crippen LogP contribution in [0.5, 0.6) is 0 Å². The van der Waals surface area contributed by atoms with Gasteiger partial charge in [-0.1, -0.05) is 39.7 Å². The number of halogens is 2. The Morgan fingerprint density at radius 1 is 1.19 bits per heavy atom. The number of amides is 1. The molecule has 1 aliphatic carbocycles. The van der Waals surface area contributed by atoms with Crippen molar-refractivity contribution in [2.24, 2.45) is 0 Å². The molecule has 1 aliphatic rings. The number of anilines is 2. The molecule has 1 saturated carbocycles. The summed E-state index contributed by atoms with van der Waals surface area (Å²) < 4.78 is 0.875. The Morgan fingerprint density at radius 2 is 1.86 bits per heavy atom. The monoisotopic (exact) mass is 364 g/mol. The number of carbonyl (C=O) groups is 1. The maximum absolute atomic E-state index is 12.6. The van der Waals surface area contributed by atoms with E-state index in [0.717, 1.165) is 22.9 Å². The number of hydrogen-bond acceptors (Lipinski definition) is 2. The summed E-state index contributed by atoms with van der Waals surface area (Å²) in [7, 11) is 0. The number of nitrogens with one attached hydrogen (secondary N) is 1. The molecule has 108 valence electrons.